The van der Waals surface area contributed by atoms with E-state index in [0.29, 0.717) is 29.0 Å². The number of aromatic nitrogens is 4. The molecule has 3 heterocycles. The fourth-order valence-corrected chi connectivity index (χ4v) is 2.50. The Balaban J connectivity index is 1.78. The third kappa shape index (κ3) is 3.23. The molecule has 0 atom stereocenters. The first-order valence-corrected chi connectivity index (χ1v) is 8.02. The van der Waals surface area contributed by atoms with Gasteiger partial charge < -0.3 is 10.1 Å². The Kier molecular flexibility index (Phi) is 4.03. The number of ether oxygens (including phenoxy) is 1. The fraction of sp³-hybridized carbons (Fsp3) is 0.0526. The molecule has 26 heavy (non-hydrogen) atoms. The van der Waals surface area contributed by atoms with Crippen LogP contribution in [0.5, 0.6) is 11.6 Å². The number of carbonyl (C=O) groups is 1. The van der Waals surface area contributed by atoms with Gasteiger partial charge in [0.05, 0.1) is 0 Å². The molecule has 0 aliphatic carbocycles. The van der Waals surface area contributed by atoms with Gasteiger partial charge in [-0.15, -0.1) is 5.10 Å². The predicted octanol–water partition coefficient (Wildman–Crippen LogP) is 3.54. The summed E-state index contributed by atoms with van der Waals surface area (Å²) in [5.41, 5.74) is 1.28. The van der Waals surface area contributed by atoms with Crippen LogP contribution in [0.2, 0.25) is 0 Å². The van der Waals surface area contributed by atoms with Crippen LogP contribution in [0.15, 0.2) is 66.9 Å². The summed E-state index contributed by atoms with van der Waals surface area (Å²) >= 11 is 0. The summed E-state index contributed by atoms with van der Waals surface area (Å²) in [6.07, 6.45) is 1.82. The van der Waals surface area contributed by atoms with Crippen LogP contribution in [0.25, 0.3) is 17.0 Å². The Morgan fingerprint density at radius 3 is 2.65 bits per heavy atom. The van der Waals surface area contributed by atoms with Crippen LogP contribution in [0.3, 0.4) is 0 Å². The highest BCUT2D eigenvalue weighted by Crippen LogP contribution is 2.26. The summed E-state index contributed by atoms with van der Waals surface area (Å²) in [4.78, 5) is 20.2. The minimum Gasteiger partial charge on any atom is -0.437 e. The van der Waals surface area contributed by atoms with Gasteiger partial charge in [-0.3, -0.25) is 4.79 Å². The second kappa shape index (κ2) is 6.64. The number of para-hydroxylation sites is 1. The van der Waals surface area contributed by atoms with Crippen LogP contribution >= 0.6 is 0 Å². The number of hydrogen-bond donors (Lipinski definition) is 1. The molecule has 0 fully saturated rings. The molecule has 128 valence electrons. The van der Waals surface area contributed by atoms with Gasteiger partial charge in [0.1, 0.15) is 22.8 Å². The highest BCUT2D eigenvalue weighted by molar-refractivity contribution is 5.87. The molecule has 0 aliphatic rings. The first-order valence-electron chi connectivity index (χ1n) is 8.02. The fourth-order valence-electron chi connectivity index (χ4n) is 2.50. The van der Waals surface area contributed by atoms with Crippen LogP contribution in [0, 0.1) is 0 Å². The third-order valence-electron chi connectivity index (χ3n) is 3.60. The Hall–Kier alpha value is -3.74. The van der Waals surface area contributed by atoms with Crippen LogP contribution in [-0.2, 0) is 4.79 Å². The van der Waals surface area contributed by atoms with Gasteiger partial charge in [-0.1, -0.05) is 24.3 Å². The van der Waals surface area contributed by atoms with E-state index >= 15 is 0 Å². The number of hydrogen-bond acceptors (Lipinski definition) is 5. The molecule has 4 aromatic rings. The van der Waals surface area contributed by atoms with Gasteiger partial charge >= 0.3 is 0 Å². The summed E-state index contributed by atoms with van der Waals surface area (Å²) < 4.78 is 7.63. The highest BCUT2D eigenvalue weighted by Gasteiger charge is 2.13. The van der Waals surface area contributed by atoms with Gasteiger partial charge in [0.25, 0.3) is 0 Å². The highest BCUT2D eigenvalue weighted by atomic mass is 16.5. The van der Waals surface area contributed by atoms with E-state index < -0.39 is 0 Å². The van der Waals surface area contributed by atoms with Crippen molar-refractivity contribution < 1.29 is 9.53 Å². The lowest BCUT2D eigenvalue weighted by molar-refractivity contribution is -0.114. The molecule has 0 radical (unpaired) electrons. The van der Waals surface area contributed by atoms with Crippen molar-refractivity contribution in [3.63, 3.8) is 0 Å². The van der Waals surface area contributed by atoms with E-state index in [1.54, 1.807) is 22.7 Å². The van der Waals surface area contributed by atoms with Crippen molar-refractivity contribution in [3.8, 4) is 23.1 Å². The van der Waals surface area contributed by atoms with Gasteiger partial charge in [0.15, 0.2) is 0 Å². The lowest BCUT2D eigenvalue weighted by Crippen LogP contribution is -2.08. The molecule has 1 amide bonds. The number of nitrogens with one attached hydrogen (secondary N) is 1. The van der Waals surface area contributed by atoms with Gasteiger partial charge in [-0.05, 0) is 36.4 Å². The molecule has 0 saturated carbocycles. The van der Waals surface area contributed by atoms with Gasteiger partial charge in [-0.2, -0.15) is 4.98 Å². The topological polar surface area (TPSA) is 81.4 Å². The van der Waals surface area contributed by atoms with Crippen molar-refractivity contribution in [1.82, 2.24) is 19.6 Å². The quantitative estimate of drug-likeness (QED) is 0.612. The zero-order valence-electron chi connectivity index (χ0n) is 14.0. The molecule has 0 spiro atoms. The molecular weight excluding hydrogens is 330 g/mol. The first kappa shape index (κ1) is 15.8. The van der Waals surface area contributed by atoms with Gasteiger partial charge in [0.2, 0.25) is 17.6 Å². The van der Waals surface area contributed by atoms with Crippen molar-refractivity contribution in [2.24, 2.45) is 0 Å². The molecule has 0 bridgehead atoms. The SMILES string of the molecule is CC(=O)Nc1cccc(-c2nc(Oc3ccccc3)c3cccn3n2)n1. The van der Waals surface area contributed by atoms with E-state index in [2.05, 4.69) is 20.4 Å². The minimum atomic E-state index is -0.190. The Bertz CT molecular complexity index is 1080. The van der Waals surface area contributed by atoms with Crippen molar-refractivity contribution in [3.05, 3.63) is 66.9 Å². The van der Waals surface area contributed by atoms with Crippen molar-refractivity contribution in [1.29, 1.82) is 0 Å². The second-order valence-corrected chi connectivity index (χ2v) is 5.58. The van der Waals surface area contributed by atoms with Crippen LogP contribution in [-0.4, -0.2) is 25.5 Å². The molecule has 1 N–H and O–H groups in total. The predicted molar refractivity (Wildman–Crippen MR) is 97.0 cm³/mol. The molecule has 7 heteroatoms. The number of amides is 1. The average Bonchev–Trinajstić information content (AvgIpc) is 3.11. The van der Waals surface area contributed by atoms with Crippen LogP contribution in [0.1, 0.15) is 6.92 Å². The smallest absolute Gasteiger partial charge is 0.247 e. The monoisotopic (exact) mass is 345 g/mol. The number of nitrogens with zero attached hydrogens (tertiary/aromatic N) is 4. The molecule has 3 aromatic heterocycles. The molecule has 4 rings (SSSR count). The molecule has 7 nitrogen and oxygen atoms in total. The van der Waals surface area contributed by atoms with E-state index in [0.717, 1.165) is 5.52 Å². The molecule has 0 unspecified atom stereocenters. The lowest BCUT2D eigenvalue weighted by Gasteiger charge is -2.09. The number of pyridine rings is 1. The van der Waals surface area contributed by atoms with Crippen LogP contribution in [0.4, 0.5) is 5.82 Å². The van der Waals surface area contributed by atoms with E-state index in [1.165, 1.54) is 6.92 Å². The molecular formula is C19H15N5O2. The molecule has 0 aliphatic heterocycles. The maximum absolute atomic E-state index is 11.3. The summed E-state index contributed by atoms with van der Waals surface area (Å²) in [6, 6.07) is 18.4. The zero-order valence-corrected chi connectivity index (χ0v) is 14.0. The van der Waals surface area contributed by atoms with Crippen molar-refractivity contribution in [2.45, 2.75) is 6.92 Å². The van der Waals surface area contributed by atoms with Gasteiger partial charge in [-0.25, -0.2) is 9.50 Å². The maximum Gasteiger partial charge on any atom is 0.247 e. The number of anilines is 1. The van der Waals surface area contributed by atoms with Gasteiger partial charge in [0, 0.05) is 13.1 Å². The minimum absolute atomic E-state index is 0.190. The Labute approximate surface area is 149 Å². The normalized spacial score (nSPS) is 10.7. The van der Waals surface area contributed by atoms with E-state index in [4.69, 9.17) is 4.74 Å². The summed E-state index contributed by atoms with van der Waals surface area (Å²) in [5, 5.41) is 7.14. The third-order valence-corrected chi connectivity index (χ3v) is 3.60. The van der Waals surface area contributed by atoms with E-state index in [9.17, 15) is 4.79 Å². The summed E-state index contributed by atoms with van der Waals surface area (Å²) in [7, 11) is 0. The number of fused-ring (bicyclic) bond motifs is 1. The lowest BCUT2D eigenvalue weighted by atomic mass is 10.3. The zero-order chi connectivity index (χ0) is 17.9. The second-order valence-electron chi connectivity index (χ2n) is 5.58. The number of rotatable bonds is 4. The standard InChI is InChI=1S/C19H15N5O2/c1-13(25)20-17-11-5-9-15(21-17)18-22-19(16-10-6-12-24(16)23-18)26-14-7-3-2-4-8-14/h2-12H,1H3,(H,20,21,25). The van der Waals surface area contributed by atoms with Crippen LogP contribution < -0.4 is 10.1 Å². The first-order chi connectivity index (χ1) is 12.7. The largest absolute Gasteiger partial charge is 0.437 e. The maximum atomic E-state index is 11.3. The summed E-state index contributed by atoms with van der Waals surface area (Å²) in [5.74, 6) is 1.76. The number of benzene rings is 1. The summed E-state index contributed by atoms with van der Waals surface area (Å²) in [6.45, 7) is 1.43. The number of carbonyl (C=O) groups excluding carboxylic acids is 1. The van der Waals surface area contributed by atoms with Crippen molar-refractivity contribution >= 4 is 17.2 Å². The molecule has 1 aromatic carbocycles. The van der Waals surface area contributed by atoms with Crippen molar-refractivity contribution in [2.75, 3.05) is 5.32 Å². The Morgan fingerprint density at radius 2 is 1.85 bits per heavy atom. The van der Waals surface area contributed by atoms with E-state index in [-0.39, 0.29) is 5.91 Å². The average molecular weight is 345 g/mol. The van der Waals surface area contributed by atoms with E-state index in [1.807, 2.05) is 48.7 Å². The Morgan fingerprint density at radius 1 is 1.00 bits per heavy atom. The molecule has 0 saturated heterocycles.